The van der Waals surface area contributed by atoms with Gasteiger partial charge in [0, 0.05) is 23.0 Å². The average Bonchev–Trinajstić information content (AvgIpc) is 3.13. The van der Waals surface area contributed by atoms with Crippen LogP contribution >= 0.6 is 0 Å². The monoisotopic (exact) mass is 328 g/mol. The number of rotatable bonds is 5. The Hall–Kier alpha value is -3.22. The summed E-state index contributed by atoms with van der Waals surface area (Å²) in [4.78, 5) is 26.2. The number of benzene rings is 1. The van der Waals surface area contributed by atoms with Crippen molar-refractivity contribution < 1.29 is 23.6 Å². The maximum absolute atomic E-state index is 14.0. The third-order valence-electron chi connectivity index (χ3n) is 3.57. The van der Waals surface area contributed by atoms with Crippen molar-refractivity contribution in [3.8, 4) is 11.3 Å². The molecule has 0 radical (unpaired) electrons. The predicted octanol–water partition coefficient (Wildman–Crippen LogP) is 2.98. The lowest BCUT2D eigenvalue weighted by Gasteiger charge is -2.02. The molecule has 0 spiro atoms. The Labute approximate surface area is 135 Å². The Morgan fingerprint density at radius 3 is 2.79 bits per heavy atom. The van der Waals surface area contributed by atoms with Crippen LogP contribution in [0.2, 0.25) is 0 Å². The molecule has 7 heteroatoms. The van der Waals surface area contributed by atoms with E-state index in [0.29, 0.717) is 5.69 Å². The number of nitrogens with one attached hydrogen (secondary N) is 1. The van der Waals surface area contributed by atoms with Crippen LogP contribution in [0.1, 0.15) is 27.4 Å². The van der Waals surface area contributed by atoms with Crippen LogP contribution in [0.5, 0.6) is 0 Å². The molecule has 3 aromatic rings. The molecule has 2 aromatic heterocycles. The number of aryl methyl sites for hydroxylation is 1. The molecule has 0 bridgehead atoms. The molecule has 1 aromatic carbocycles. The number of aromatic nitrogens is 2. The molecular formula is C17H13FN2O4. The van der Waals surface area contributed by atoms with E-state index in [1.165, 1.54) is 30.5 Å². The number of carboxylic acid groups (broad SMARTS) is 1. The van der Waals surface area contributed by atoms with E-state index in [1.54, 1.807) is 13.0 Å². The predicted molar refractivity (Wildman–Crippen MR) is 82.2 cm³/mol. The topological polar surface area (TPSA) is 96.2 Å². The van der Waals surface area contributed by atoms with Crippen molar-refractivity contribution in [3.63, 3.8) is 0 Å². The molecule has 0 atom stereocenters. The molecule has 0 amide bonds. The van der Waals surface area contributed by atoms with Crippen molar-refractivity contribution in [2.75, 3.05) is 0 Å². The molecule has 0 saturated carbocycles. The van der Waals surface area contributed by atoms with Gasteiger partial charge in [0.2, 0.25) is 0 Å². The van der Waals surface area contributed by atoms with Crippen molar-refractivity contribution in [2.24, 2.45) is 0 Å². The van der Waals surface area contributed by atoms with Gasteiger partial charge in [0.15, 0.2) is 5.78 Å². The fraction of sp³-hybridized carbons (Fsp3) is 0.118. The second kappa shape index (κ2) is 6.11. The Balaban J connectivity index is 2.02. The van der Waals surface area contributed by atoms with Gasteiger partial charge in [0.05, 0.1) is 12.0 Å². The van der Waals surface area contributed by atoms with E-state index in [2.05, 4.69) is 10.1 Å². The first-order valence-electron chi connectivity index (χ1n) is 7.12. The number of carboxylic acids is 1. The van der Waals surface area contributed by atoms with Crippen LogP contribution in [-0.4, -0.2) is 27.0 Å². The van der Waals surface area contributed by atoms with Gasteiger partial charge in [-0.05, 0) is 25.1 Å². The molecule has 0 aliphatic heterocycles. The lowest BCUT2D eigenvalue weighted by atomic mass is 9.99. The fourth-order valence-electron chi connectivity index (χ4n) is 2.46. The standard InChI is InChI=1S/C17H13FN2O4/c1-9-15(16(20-24-9)12-4-2-3-5-13(12)18)17(23)10-6-11(19-8-10)7-14(21)22/h2-6,8,19H,7H2,1H3,(H,21,22). The summed E-state index contributed by atoms with van der Waals surface area (Å²) in [6, 6.07) is 7.41. The summed E-state index contributed by atoms with van der Waals surface area (Å²) in [5, 5.41) is 12.6. The number of aliphatic carboxylic acids is 1. The fourth-order valence-corrected chi connectivity index (χ4v) is 2.46. The highest BCUT2D eigenvalue weighted by Crippen LogP contribution is 2.29. The number of H-pyrrole nitrogens is 1. The summed E-state index contributed by atoms with van der Waals surface area (Å²) < 4.78 is 19.1. The van der Waals surface area contributed by atoms with Crippen LogP contribution < -0.4 is 0 Å². The maximum Gasteiger partial charge on any atom is 0.309 e. The van der Waals surface area contributed by atoms with E-state index in [0.717, 1.165) is 0 Å². The van der Waals surface area contributed by atoms with E-state index < -0.39 is 17.6 Å². The molecule has 122 valence electrons. The second-order valence-electron chi connectivity index (χ2n) is 5.26. The summed E-state index contributed by atoms with van der Waals surface area (Å²) in [5.41, 5.74) is 1.10. The van der Waals surface area contributed by atoms with Crippen molar-refractivity contribution >= 4 is 11.8 Å². The minimum absolute atomic E-state index is 0.122. The van der Waals surface area contributed by atoms with Gasteiger partial charge in [-0.25, -0.2) is 4.39 Å². The maximum atomic E-state index is 14.0. The molecular weight excluding hydrogens is 315 g/mol. The van der Waals surface area contributed by atoms with Crippen molar-refractivity contribution in [1.82, 2.24) is 10.1 Å². The number of nitrogens with zero attached hydrogens (tertiary/aromatic N) is 1. The molecule has 2 N–H and O–H groups in total. The minimum Gasteiger partial charge on any atom is -0.481 e. The Morgan fingerprint density at radius 1 is 1.33 bits per heavy atom. The summed E-state index contributed by atoms with van der Waals surface area (Å²) >= 11 is 0. The molecule has 0 unspecified atom stereocenters. The van der Waals surface area contributed by atoms with Gasteiger partial charge in [-0.15, -0.1) is 0 Å². The molecule has 24 heavy (non-hydrogen) atoms. The van der Waals surface area contributed by atoms with E-state index in [-0.39, 0.29) is 34.6 Å². The normalized spacial score (nSPS) is 10.8. The molecule has 2 heterocycles. The molecule has 3 rings (SSSR count). The highest BCUT2D eigenvalue weighted by molar-refractivity contribution is 6.13. The number of ketones is 1. The lowest BCUT2D eigenvalue weighted by molar-refractivity contribution is -0.136. The van der Waals surface area contributed by atoms with E-state index in [1.807, 2.05) is 0 Å². The van der Waals surface area contributed by atoms with E-state index >= 15 is 0 Å². The second-order valence-corrected chi connectivity index (χ2v) is 5.26. The van der Waals surface area contributed by atoms with Crippen LogP contribution in [-0.2, 0) is 11.2 Å². The zero-order chi connectivity index (χ0) is 17.3. The lowest BCUT2D eigenvalue weighted by Crippen LogP contribution is -2.03. The Bertz CT molecular complexity index is 926. The van der Waals surface area contributed by atoms with Gasteiger partial charge < -0.3 is 14.6 Å². The van der Waals surface area contributed by atoms with Gasteiger partial charge in [-0.3, -0.25) is 9.59 Å². The van der Waals surface area contributed by atoms with Crippen LogP contribution in [0, 0.1) is 12.7 Å². The number of hydrogen-bond donors (Lipinski definition) is 2. The summed E-state index contributed by atoms with van der Waals surface area (Å²) in [6.45, 7) is 1.56. The van der Waals surface area contributed by atoms with Crippen LogP contribution in [0.3, 0.4) is 0 Å². The van der Waals surface area contributed by atoms with Crippen LogP contribution in [0.25, 0.3) is 11.3 Å². The van der Waals surface area contributed by atoms with E-state index in [4.69, 9.17) is 9.63 Å². The SMILES string of the molecule is Cc1onc(-c2ccccc2F)c1C(=O)c1c[nH]c(CC(=O)O)c1. The van der Waals surface area contributed by atoms with Gasteiger partial charge in [-0.2, -0.15) is 0 Å². The summed E-state index contributed by atoms with van der Waals surface area (Å²) in [5.74, 6) is -1.68. The van der Waals surface area contributed by atoms with Gasteiger partial charge in [0.25, 0.3) is 0 Å². The number of carbonyl (C=O) groups excluding carboxylic acids is 1. The summed E-state index contributed by atoms with van der Waals surface area (Å²) in [6.07, 6.45) is 1.19. The van der Waals surface area contributed by atoms with Crippen molar-refractivity contribution in [2.45, 2.75) is 13.3 Å². The Kier molecular flexibility index (Phi) is 3.99. The Morgan fingerprint density at radius 2 is 2.08 bits per heavy atom. The molecule has 0 fully saturated rings. The first-order chi connectivity index (χ1) is 11.5. The van der Waals surface area contributed by atoms with Crippen molar-refractivity contribution in [1.29, 1.82) is 0 Å². The zero-order valence-corrected chi connectivity index (χ0v) is 12.7. The highest BCUT2D eigenvalue weighted by Gasteiger charge is 2.25. The van der Waals surface area contributed by atoms with Gasteiger partial charge in [0.1, 0.15) is 17.3 Å². The quantitative estimate of drug-likeness (QED) is 0.702. The summed E-state index contributed by atoms with van der Waals surface area (Å²) in [7, 11) is 0. The number of aromatic amines is 1. The average molecular weight is 328 g/mol. The van der Waals surface area contributed by atoms with E-state index in [9.17, 15) is 14.0 Å². The van der Waals surface area contributed by atoms with Crippen molar-refractivity contribution in [3.05, 3.63) is 64.9 Å². The number of halogens is 1. The molecule has 6 nitrogen and oxygen atoms in total. The smallest absolute Gasteiger partial charge is 0.309 e. The molecule has 0 aliphatic rings. The third-order valence-corrected chi connectivity index (χ3v) is 3.57. The number of carbonyl (C=O) groups is 2. The highest BCUT2D eigenvalue weighted by atomic mass is 19.1. The first kappa shape index (κ1) is 15.7. The minimum atomic E-state index is -1.01. The van der Waals surface area contributed by atoms with Gasteiger partial charge in [-0.1, -0.05) is 17.3 Å². The van der Waals surface area contributed by atoms with Gasteiger partial charge >= 0.3 is 5.97 Å². The molecule has 0 saturated heterocycles. The molecule has 0 aliphatic carbocycles. The number of hydrogen-bond acceptors (Lipinski definition) is 4. The zero-order valence-electron chi connectivity index (χ0n) is 12.7. The largest absolute Gasteiger partial charge is 0.481 e. The third kappa shape index (κ3) is 2.83. The van der Waals surface area contributed by atoms with Crippen LogP contribution in [0.15, 0.2) is 41.1 Å². The first-order valence-corrected chi connectivity index (χ1v) is 7.12. The van der Waals surface area contributed by atoms with Crippen LogP contribution in [0.4, 0.5) is 4.39 Å².